The van der Waals surface area contributed by atoms with E-state index in [4.69, 9.17) is 18.0 Å². The first-order valence-corrected chi connectivity index (χ1v) is 8.11. The standard InChI is InChI=1S/C11H22N2O2S2/c1-3-10(11(12)16)17(14,15)13-7-9-6-4-5-8(9)2/h8-10,13H,3-7H2,1-2H3,(H2,12,16). The van der Waals surface area contributed by atoms with E-state index in [9.17, 15) is 8.42 Å². The Morgan fingerprint density at radius 3 is 2.59 bits per heavy atom. The van der Waals surface area contributed by atoms with E-state index >= 15 is 0 Å². The third kappa shape index (κ3) is 3.89. The molecule has 0 aromatic carbocycles. The molecule has 0 amide bonds. The van der Waals surface area contributed by atoms with Gasteiger partial charge in [-0.2, -0.15) is 0 Å². The van der Waals surface area contributed by atoms with Crippen molar-refractivity contribution in [2.45, 2.75) is 44.8 Å². The lowest BCUT2D eigenvalue weighted by atomic mass is 9.99. The summed E-state index contributed by atoms with van der Waals surface area (Å²) in [5.41, 5.74) is 5.46. The molecule has 0 heterocycles. The fraction of sp³-hybridized carbons (Fsp3) is 0.909. The van der Waals surface area contributed by atoms with E-state index in [1.807, 2.05) is 0 Å². The predicted molar refractivity (Wildman–Crippen MR) is 74.3 cm³/mol. The zero-order valence-corrected chi connectivity index (χ0v) is 12.1. The molecule has 0 saturated heterocycles. The number of hydrogen-bond acceptors (Lipinski definition) is 3. The minimum atomic E-state index is -3.40. The van der Waals surface area contributed by atoms with Crippen LogP contribution in [0.2, 0.25) is 0 Å². The highest BCUT2D eigenvalue weighted by molar-refractivity contribution is 7.93. The molecule has 1 saturated carbocycles. The first kappa shape index (κ1) is 14.9. The van der Waals surface area contributed by atoms with Gasteiger partial charge in [-0.15, -0.1) is 0 Å². The maximum Gasteiger partial charge on any atom is 0.221 e. The van der Waals surface area contributed by atoms with Crippen LogP contribution in [-0.2, 0) is 10.0 Å². The molecule has 0 radical (unpaired) electrons. The summed E-state index contributed by atoms with van der Waals surface area (Å²) >= 11 is 4.80. The van der Waals surface area contributed by atoms with E-state index < -0.39 is 15.3 Å². The maximum atomic E-state index is 12.0. The Labute approximate surface area is 109 Å². The summed E-state index contributed by atoms with van der Waals surface area (Å²) in [5, 5.41) is -0.741. The van der Waals surface area contributed by atoms with Gasteiger partial charge in [0.2, 0.25) is 10.0 Å². The molecule has 3 N–H and O–H groups in total. The molecule has 0 spiro atoms. The van der Waals surface area contributed by atoms with Gasteiger partial charge in [-0.25, -0.2) is 13.1 Å². The Morgan fingerprint density at radius 1 is 1.53 bits per heavy atom. The van der Waals surface area contributed by atoms with Crippen LogP contribution in [0.15, 0.2) is 0 Å². The molecule has 17 heavy (non-hydrogen) atoms. The Bertz CT molecular complexity index is 368. The van der Waals surface area contributed by atoms with E-state index in [0.29, 0.717) is 24.8 Å². The Kier molecular flexibility index (Phi) is 5.34. The second kappa shape index (κ2) is 6.11. The molecule has 1 rings (SSSR count). The highest BCUT2D eigenvalue weighted by Gasteiger charge is 2.29. The number of rotatable bonds is 6. The molecule has 0 bridgehead atoms. The van der Waals surface area contributed by atoms with E-state index in [-0.39, 0.29) is 4.99 Å². The van der Waals surface area contributed by atoms with Crippen molar-refractivity contribution in [1.82, 2.24) is 4.72 Å². The first-order valence-electron chi connectivity index (χ1n) is 6.16. The van der Waals surface area contributed by atoms with Crippen LogP contribution >= 0.6 is 12.2 Å². The third-order valence-corrected chi connectivity index (χ3v) is 5.99. The van der Waals surface area contributed by atoms with Gasteiger partial charge < -0.3 is 5.73 Å². The van der Waals surface area contributed by atoms with Crippen molar-refractivity contribution < 1.29 is 8.42 Å². The maximum absolute atomic E-state index is 12.0. The van der Waals surface area contributed by atoms with Crippen molar-refractivity contribution in [2.24, 2.45) is 17.6 Å². The van der Waals surface area contributed by atoms with Crippen LogP contribution in [-0.4, -0.2) is 25.2 Å². The SMILES string of the molecule is CCC(C(N)=S)S(=O)(=O)NCC1CCCC1C. The topological polar surface area (TPSA) is 72.2 Å². The van der Waals surface area contributed by atoms with Gasteiger partial charge in [0, 0.05) is 6.54 Å². The summed E-state index contributed by atoms with van der Waals surface area (Å²) in [6.07, 6.45) is 3.91. The third-order valence-electron chi connectivity index (χ3n) is 3.65. The lowest BCUT2D eigenvalue weighted by Crippen LogP contribution is -2.43. The lowest BCUT2D eigenvalue weighted by Gasteiger charge is -2.19. The van der Waals surface area contributed by atoms with Crippen LogP contribution < -0.4 is 10.5 Å². The second-order valence-corrected chi connectivity index (χ2v) is 7.28. The van der Waals surface area contributed by atoms with Gasteiger partial charge in [0.25, 0.3) is 0 Å². The van der Waals surface area contributed by atoms with Gasteiger partial charge >= 0.3 is 0 Å². The summed E-state index contributed by atoms with van der Waals surface area (Å²) in [6, 6.07) is 0. The highest BCUT2D eigenvalue weighted by Crippen LogP contribution is 2.30. The van der Waals surface area contributed by atoms with Crippen molar-refractivity contribution in [2.75, 3.05) is 6.54 Å². The molecule has 6 heteroatoms. The Morgan fingerprint density at radius 2 is 2.18 bits per heavy atom. The predicted octanol–water partition coefficient (Wildman–Crippen LogP) is 1.41. The zero-order valence-electron chi connectivity index (χ0n) is 10.5. The van der Waals surface area contributed by atoms with E-state index in [0.717, 1.165) is 6.42 Å². The molecular weight excluding hydrogens is 256 g/mol. The highest BCUT2D eigenvalue weighted by atomic mass is 32.2. The first-order chi connectivity index (χ1) is 7.88. The van der Waals surface area contributed by atoms with Gasteiger partial charge in [0.1, 0.15) is 5.25 Å². The molecule has 0 aromatic rings. The normalized spacial score (nSPS) is 26.9. The summed E-state index contributed by atoms with van der Waals surface area (Å²) in [6.45, 7) is 4.47. The van der Waals surface area contributed by atoms with Gasteiger partial charge in [0.15, 0.2) is 0 Å². The number of hydrogen-bond donors (Lipinski definition) is 2. The van der Waals surface area contributed by atoms with Crippen LogP contribution in [0.4, 0.5) is 0 Å². The van der Waals surface area contributed by atoms with Crippen LogP contribution in [0.25, 0.3) is 0 Å². The molecule has 1 aliphatic rings. The fourth-order valence-corrected chi connectivity index (χ4v) is 4.36. The van der Waals surface area contributed by atoms with Gasteiger partial charge in [0.05, 0.1) is 4.99 Å². The minimum absolute atomic E-state index is 0.0551. The molecule has 1 aliphatic carbocycles. The van der Waals surface area contributed by atoms with Crippen molar-refractivity contribution in [1.29, 1.82) is 0 Å². The van der Waals surface area contributed by atoms with Crippen LogP contribution in [0.3, 0.4) is 0 Å². The second-order valence-electron chi connectivity index (χ2n) is 4.86. The molecule has 3 atom stereocenters. The largest absolute Gasteiger partial charge is 0.392 e. The summed E-state index contributed by atoms with van der Waals surface area (Å²) in [4.78, 5) is 0.0551. The van der Waals surface area contributed by atoms with Crippen LogP contribution in [0.5, 0.6) is 0 Å². The van der Waals surface area contributed by atoms with Crippen molar-refractivity contribution in [3.05, 3.63) is 0 Å². The van der Waals surface area contributed by atoms with Gasteiger partial charge in [-0.1, -0.05) is 38.9 Å². The molecule has 0 aromatic heterocycles. The summed E-state index contributed by atoms with van der Waals surface area (Å²) in [5.74, 6) is 1.05. The zero-order chi connectivity index (χ0) is 13.1. The smallest absolute Gasteiger partial charge is 0.221 e. The lowest BCUT2D eigenvalue weighted by molar-refractivity contribution is 0.414. The number of thiocarbonyl (C=S) groups is 1. The van der Waals surface area contributed by atoms with E-state index in [1.54, 1.807) is 6.92 Å². The monoisotopic (exact) mass is 278 g/mol. The summed E-state index contributed by atoms with van der Waals surface area (Å²) < 4.78 is 26.6. The molecule has 3 unspecified atom stereocenters. The van der Waals surface area contributed by atoms with Crippen molar-refractivity contribution in [3.63, 3.8) is 0 Å². The fourth-order valence-electron chi connectivity index (χ4n) is 2.42. The number of nitrogens with two attached hydrogens (primary N) is 1. The quantitative estimate of drug-likeness (QED) is 0.721. The summed E-state index contributed by atoms with van der Waals surface area (Å²) in [7, 11) is -3.40. The van der Waals surface area contributed by atoms with Gasteiger partial charge in [-0.05, 0) is 24.7 Å². The van der Waals surface area contributed by atoms with E-state index in [2.05, 4.69) is 11.6 Å². The average Bonchev–Trinajstić information content (AvgIpc) is 2.61. The molecule has 0 aliphatic heterocycles. The molecular formula is C11H22N2O2S2. The minimum Gasteiger partial charge on any atom is -0.392 e. The average molecular weight is 278 g/mol. The van der Waals surface area contributed by atoms with Crippen LogP contribution in [0.1, 0.15) is 39.5 Å². The van der Waals surface area contributed by atoms with Crippen LogP contribution in [0, 0.1) is 11.8 Å². The number of sulfonamides is 1. The van der Waals surface area contributed by atoms with Crippen molar-refractivity contribution >= 4 is 27.2 Å². The molecule has 100 valence electrons. The Balaban J connectivity index is 2.57. The van der Waals surface area contributed by atoms with Crippen molar-refractivity contribution in [3.8, 4) is 0 Å². The van der Waals surface area contributed by atoms with E-state index in [1.165, 1.54) is 12.8 Å². The Hall–Kier alpha value is -0.200. The van der Waals surface area contributed by atoms with Gasteiger partial charge in [-0.3, -0.25) is 0 Å². The molecule has 4 nitrogen and oxygen atoms in total. The molecule has 1 fully saturated rings. The number of nitrogens with one attached hydrogen (secondary N) is 1.